The van der Waals surface area contributed by atoms with E-state index in [1.54, 1.807) is 7.05 Å². The number of nitrogen functional groups attached to an aromatic ring is 1. The van der Waals surface area contributed by atoms with Crippen LogP contribution in [0.1, 0.15) is 0 Å². The molecule has 0 amide bonds. The monoisotopic (exact) mass is 142 g/mol. The van der Waals surface area contributed by atoms with Crippen molar-refractivity contribution in [2.24, 2.45) is 0 Å². The molecular weight excluding hydrogens is 135 g/mol. The zero-order valence-electron chi connectivity index (χ0n) is 5.43. The van der Waals surface area contributed by atoms with Crippen LogP contribution in [0.3, 0.4) is 0 Å². The fourth-order valence-corrected chi connectivity index (χ4v) is 0.501. The molecule has 54 valence electrons. The first-order chi connectivity index (χ1) is 4.74. The summed E-state index contributed by atoms with van der Waals surface area (Å²) >= 11 is 0. The van der Waals surface area contributed by atoms with Crippen LogP contribution in [-0.2, 0) is 0 Å². The zero-order valence-corrected chi connectivity index (χ0v) is 5.43. The number of nitrogens with two attached hydrogens (primary N) is 1. The third-order valence-electron chi connectivity index (χ3n) is 0.995. The summed E-state index contributed by atoms with van der Waals surface area (Å²) in [5.74, 6) is -0.419. The number of hydrogen-bond acceptors (Lipinski definition) is 4. The first-order valence-corrected chi connectivity index (χ1v) is 2.70. The van der Waals surface area contributed by atoms with Gasteiger partial charge in [0, 0.05) is 7.05 Å². The van der Waals surface area contributed by atoms with Gasteiger partial charge in [0.2, 0.25) is 5.95 Å². The molecule has 0 bridgehead atoms. The van der Waals surface area contributed by atoms with Gasteiger partial charge >= 0.3 is 0 Å². The Bertz CT molecular complexity index is 237. The van der Waals surface area contributed by atoms with E-state index in [1.165, 1.54) is 0 Å². The molecule has 0 saturated heterocycles. The van der Waals surface area contributed by atoms with E-state index in [-0.39, 0.29) is 5.82 Å². The van der Waals surface area contributed by atoms with E-state index in [0.29, 0.717) is 5.95 Å². The summed E-state index contributed by atoms with van der Waals surface area (Å²) in [5, 5.41) is 2.63. The maximum Gasteiger partial charge on any atom is 0.224 e. The Labute approximate surface area is 57.3 Å². The van der Waals surface area contributed by atoms with E-state index in [9.17, 15) is 4.39 Å². The minimum Gasteiger partial charge on any atom is -0.381 e. The van der Waals surface area contributed by atoms with E-state index < -0.39 is 5.82 Å². The second-order valence-electron chi connectivity index (χ2n) is 1.68. The topological polar surface area (TPSA) is 63.8 Å². The minimum atomic E-state index is -0.598. The van der Waals surface area contributed by atoms with E-state index in [2.05, 4.69) is 15.3 Å². The molecule has 10 heavy (non-hydrogen) atoms. The number of nitrogens with one attached hydrogen (secondary N) is 1. The molecule has 0 aliphatic carbocycles. The second kappa shape index (κ2) is 2.47. The summed E-state index contributed by atoms with van der Waals surface area (Å²) in [6.07, 6.45) is 1.02. The van der Waals surface area contributed by atoms with Crippen LogP contribution in [-0.4, -0.2) is 17.0 Å². The fourth-order valence-electron chi connectivity index (χ4n) is 0.501. The summed E-state index contributed by atoms with van der Waals surface area (Å²) in [5.41, 5.74) is 5.13. The van der Waals surface area contributed by atoms with E-state index in [1.807, 2.05) is 0 Å². The third-order valence-corrected chi connectivity index (χ3v) is 0.995. The van der Waals surface area contributed by atoms with Crippen molar-refractivity contribution in [2.45, 2.75) is 0 Å². The number of aromatic nitrogens is 2. The molecule has 5 heteroatoms. The fraction of sp³-hybridized carbons (Fsp3) is 0.200. The molecule has 0 atom stereocenters. The van der Waals surface area contributed by atoms with Crippen LogP contribution in [0.25, 0.3) is 0 Å². The van der Waals surface area contributed by atoms with E-state index in [4.69, 9.17) is 5.73 Å². The number of halogens is 1. The van der Waals surface area contributed by atoms with Crippen LogP contribution >= 0.6 is 0 Å². The minimum absolute atomic E-state index is 0.139. The Kier molecular flexibility index (Phi) is 1.66. The molecule has 1 aromatic rings. The Morgan fingerprint density at radius 3 is 2.90 bits per heavy atom. The number of nitrogens with zero attached hydrogens (tertiary/aromatic N) is 2. The zero-order chi connectivity index (χ0) is 7.56. The van der Waals surface area contributed by atoms with Gasteiger partial charge in [0.15, 0.2) is 11.6 Å². The van der Waals surface area contributed by atoms with Crippen molar-refractivity contribution in [1.29, 1.82) is 0 Å². The number of rotatable bonds is 1. The lowest BCUT2D eigenvalue weighted by Crippen LogP contribution is -2.01. The highest BCUT2D eigenvalue weighted by atomic mass is 19.1. The van der Waals surface area contributed by atoms with Crippen molar-refractivity contribution in [3.63, 3.8) is 0 Å². The third kappa shape index (κ3) is 1.12. The molecule has 1 heterocycles. The van der Waals surface area contributed by atoms with E-state index in [0.717, 1.165) is 6.20 Å². The molecule has 1 rings (SSSR count). The van der Waals surface area contributed by atoms with Crippen molar-refractivity contribution in [3.05, 3.63) is 12.0 Å². The van der Waals surface area contributed by atoms with Crippen molar-refractivity contribution in [2.75, 3.05) is 18.1 Å². The highest BCUT2D eigenvalue weighted by Crippen LogP contribution is 2.05. The Morgan fingerprint density at radius 1 is 1.70 bits per heavy atom. The van der Waals surface area contributed by atoms with Crippen LogP contribution < -0.4 is 11.1 Å². The highest BCUT2D eigenvalue weighted by molar-refractivity contribution is 5.35. The first kappa shape index (κ1) is 6.73. The molecule has 1 aromatic heterocycles. The SMILES string of the molecule is CNc1ncc(F)c(N)n1. The maximum absolute atomic E-state index is 12.4. The van der Waals surface area contributed by atoms with Gasteiger partial charge in [-0.2, -0.15) is 4.98 Å². The molecular formula is C5H7FN4. The maximum atomic E-state index is 12.4. The Morgan fingerprint density at radius 2 is 2.40 bits per heavy atom. The van der Waals surface area contributed by atoms with E-state index >= 15 is 0 Å². The van der Waals surface area contributed by atoms with Crippen molar-refractivity contribution < 1.29 is 4.39 Å². The van der Waals surface area contributed by atoms with Crippen LogP contribution in [0.2, 0.25) is 0 Å². The van der Waals surface area contributed by atoms with Gasteiger partial charge in [-0.05, 0) is 0 Å². The molecule has 0 aliphatic rings. The smallest absolute Gasteiger partial charge is 0.224 e. The van der Waals surface area contributed by atoms with Gasteiger partial charge in [0.05, 0.1) is 6.20 Å². The largest absolute Gasteiger partial charge is 0.381 e. The summed E-state index contributed by atoms with van der Waals surface area (Å²) in [7, 11) is 1.63. The Balaban J connectivity index is 3.04. The average molecular weight is 142 g/mol. The molecule has 0 radical (unpaired) electrons. The van der Waals surface area contributed by atoms with Crippen molar-refractivity contribution in [1.82, 2.24) is 9.97 Å². The van der Waals surface area contributed by atoms with Crippen LogP contribution in [0, 0.1) is 5.82 Å². The molecule has 0 fully saturated rings. The van der Waals surface area contributed by atoms with Crippen molar-refractivity contribution in [3.8, 4) is 0 Å². The molecule has 0 saturated carbocycles. The molecule has 0 spiro atoms. The average Bonchev–Trinajstić information content (AvgIpc) is 1.95. The van der Waals surface area contributed by atoms with Gasteiger partial charge < -0.3 is 11.1 Å². The van der Waals surface area contributed by atoms with Crippen LogP contribution in [0.4, 0.5) is 16.2 Å². The summed E-state index contributed by atoms with van der Waals surface area (Å²) in [6, 6.07) is 0. The normalized spacial score (nSPS) is 9.40. The number of hydrogen-bond donors (Lipinski definition) is 2. The lowest BCUT2D eigenvalue weighted by atomic mass is 10.6. The highest BCUT2D eigenvalue weighted by Gasteiger charge is 1.99. The van der Waals surface area contributed by atoms with Gasteiger partial charge in [-0.1, -0.05) is 0 Å². The van der Waals surface area contributed by atoms with Gasteiger partial charge in [0.25, 0.3) is 0 Å². The predicted octanol–water partition coefficient (Wildman–Crippen LogP) is 0.240. The second-order valence-corrected chi connectivity index (χ2v) is 1.68. The van der Waals surface area contributed by atoms with Gasteiger partial charge in [-0.3, -0.25) is 0 Å². The molecule has 0 aromatic carbocycles. The quantitative estimate of drug-likeness (QED) is 0.589. The molecule has 0 unspecified atom stereocenters. The number of anilines is 2. The Hall–Kier alpha value is -1.39. The lowest BCUT2D eigenvalue weighted by molar-refractivity contribution is 0.620. The summed E-state index contributed by atoms with van der Waals surface area (Å²) in [4.78, 5) is 7.15. The van der Waals surface area contributed by atoms with Gasteiger partial charge in [0.1, 0.15) is 0 Å². The predicted molar refractivity (Wildman–Crippen MR) is 35.9 cm³/mol. The summed E-state index contributed by atoms with van der Waals surface area (Å²) < 4.78 is 12.4. The standard InChI is InChI=1S/C5H7FN4/c1-8-5-9-2-3(6)4(7)10-5/h2H,1H3,(H3,7,8,9,10). The molecule has 3 N–H and O–H groups in total. The van der Waals surface area contributed by atoms with Crippen molar-refractivity contribution >= 4 is 11.8 Å². The lowest BCUT2D eigenvalue weighted by Gasteiger charge is -1.97. The first-order valence-electron chi connectivity index (χ1n) is 2.70. The summed E-state index contributed by atoms with van der Waals surface area (Å²) in [6.45, 7) is 0. The molecule has 0 aliphatic heterocycles. The van der Waals surface area contributed by atoms with Gasteiger partial charge in [-0.15, -0.1) is 0 Å². The van der Waals surface area contributed by atoms with Crippen LogP contribution in [0.5, 0.6) is 0 Å². The van der Waals surface area contributed by atoms with Gasteiger partial charge in [-0.25, -0.2) is 9.37 Å². The molecule has 4 nitrogen and oxygen atoms in total. The van der Waals surface area contributed by atoms with Crippen LogP contribution in [0.15, 0.2) is 6.20 Å².